The number of hydrogen-bond donors (Lipinski definition) is 1. The lowest BCUT2D eigenvalue weighted by molar-refractivity contribution is 0.0997. The quantitative estimate of drug-likeness (QED) is 0.775. The molecule has 4 nitrogen and oxygen atoms in total. The van der Waals surface area contributed by atoms with Crippen LogP contribution in [0.25, 0.3) is 11.3 Å². The largest absolute Gasteiger partial charge is 0.440 e. The van der Waals surface area contributed by atoms with Gasteiger partial charge in [-0.25, -0.2) is 9.37 Å². The van der Waals surface area contributed by atoms with Crippen LogP contribution in [0.5, 0.6) is 0 Å². The summed E-state index contributed by atoms with van der Waals surface area (Å²) in [5.41, 5.74) is 1.43. The number of halogens is 2. The number of carbonyl (C=O) groups is 1. The molecular formula is C14H8ClFN2O2S. The number of hydrogen-bond acceptors (Lipinski definition) is 4. The van der Waals surface area contributed by atoms with Gasteiger partial charge in [-0.1, -0.05) is 0 Å². The van der Waals surface area contributed by atoms with Gasteiger partial charge in [0.05, 0.1) is 5.69 Å². The molecular weight excluding hydrogens is 315 g/mol. The molecule has 21 heavy (non-hydrogen) atoms. The van der Waals surface area contributed by atoms with Gasteiger partial charge >= 0.3 is 0 Å². The summed E-state index contributed by atoms with van der Waals surface area (Å²) in [6, 6.07) is 8.94. The van der Waals surface area contributed by atoms with E-state index in [2.05, 4.69) is 10.3 Å². The number of amides is 1. The minimum Gasteiger partial charge on any atom is -0.440 e. The van der Waals surface area contributed by atoms with E-state index in [4.69, 9.17) is 16.0 Å². The van der Waals surface area contributed by atoms with Crippen LogP contribution in [0.15, 0.2) is 46.2 Å². The molecule has 0 saturated carbocycles. The number of benzene rings is 1. The molecule has 0 saturated heterocycles. The van der Waals surface area contributed by atoms with Gasteiger partial charge in [-0.15, -0.1) is 11.3 Å². The number of nitrogens with one attached hydrogen (secondary N) is 1. The average Bonchev–Trinajstić information content (AvgIpc) is 3.09. The number of nitrogens with zero attached hydrogens (tertiary/aromatic N) is 1. The van der Waals surface area contributed by atoms with E-state index >= 15 is 0 Å². The van der Waals surface area contributed by atoms with Gasteiger partial charge in [0.15, 0.2) is 16.1 Å². The zero-order valence-electron chi connectivity index (χ0n) is 10.5. The molecule has 0 spiro atoms. The normalized spacial score (nSPS) is 10.6. The second-order valence-electron chi connectivity index (χ2n) is 4.10. The predicted molar refractivity (Wildman–Crippen MR) is 79.2 cm³/mol. The maximum atomic E-state index is 12.9. The summed E-state index contributed by atoms with van der Waals surface area (Å²) in [5.74, 6) is -0.627. The van der Waals surface area contributed by atoms with Gasteiger partial charge in [0.2, 0.25) is 0 Å². The molecule has 0 bridgehead atoms. The van der Waals surface area contributed by atoms with Crippen molar-refractivity contribution in [2.24, 2.45) is 0 Å². The van der Waals surface area contributed by atoms with E-state index < -0.39 is 5.91 Å². The molecule has 1 amide bonds. The smallest absolute Gasteiger partial charge is 0.293 e. The van der Waals surface area contributed by atoms with Crippen molar-refractivity contribution in [2.75, 3.05) is 5.32 Å². The van der Waals surface area contributed by atoms with E-state index in [1.165, 1.54) is 35.6 Å². The third-order valence-electron chi connectivity index (χ3n) is 2.66. The molecule has 0 aliphatic heterocycles. The molecule has 0 atom stereocenters. The van der Waals surface area contributed by atoms with Crippen LogP contribution in [0, 0.1) is 5.82 Å². The van der Waals surface area contributed by atoms with Gasteiger partial charge in [-0.2, -0.15) is 0 Å². The molecule has 3 aromatic rings. The molecule has 0 radical (unpaired) electrons. The fraction of sp³-hybridized carbons (Fsp3) is 0. The minimum atomic E-state index is -0.429. The Hall–Kier alpha value is -2.18. The summed E-state index contributed by atoms with van der Waals surface area (Å²) in [5, 5.41) is 4.96. The van der Waals surface area contributed by atoms with Gasteiger partial charge in [-0.3, -0.25) is 10.1 Å². The van der Waals surface area contributed by atoms with E-state index in [9.17, 15) is 9.18 Å². The van der Waals surface area contributed by atoms with E-state index in [-0.39, 0.29) is 16.8 Å². The molecule has 0 aliphatic rings. The van der Waals surface area contributed by atoms with Gasteiger partial charge in [0, 0.05) is 10.9 Å². The first-order chi connectivity index (χ1) is 10.1. The fourth-order valence-corrected chi connectivity index (χ4v) is 2.54. The molecule has 2 heterocycles. The van der Waals surface area contributed by atoms with Gasteiger partial charge in [0.25, 0.3) is 5.91 Å². The highest BCUT2D eigenvalue weighted by Crippen LogP contribution is 2.25. The van der Waals surface area contributed by atoms with Crippen molar-refractivity contribution < 1.29 is 13.6 Å². The number of rotatable bonds is 3. The Morgan fingerprint density at radius 2 is 2.00 bits per heavy atom. The Balaban J connectivity index is 1.76. The van der Waals surface area contributed by atoms with Crippen LogP contribution >= 0.6 is 22.9 Å². The van der Waals surface area contributed by atoms with Crippen molar-refractivity contribution in [3.8, 4) is 11.3 Å². The van der Waals surface area contributed by atoms with Crippen LogP contribution < -0.4 is 5.32 Å². The first kappa shape index (κ1) is 13.8. The SMILES string of the molecule is O=C(Nc1nc(-c2ccc(F)cc2)cs1)c1ccc(Cl)o1. The standard InChI is InChI=1S/C14H8ClFN2O2S/c15-12-6-5-11(20-12)13(19)18-14-17-10(7-21-14)8-1-3-9(16)4-2-8/h1-7H,(H,17,18,19). The number of thiazole rings is 1. The first-order valence-electron chi connectivity index (χ1n) is 5.90. The fourth-order valence-electron chi connectivity index (χ4n) is 1.68. The van der Waals surface area contributed by atoms with Crippen molar-refractivity contribution in [2.45, 2.75) is 0 Å². The lowest BCUT2D eigenvalue weighted by Gasteiger charge is -1.98. The summed E-state index contributed by atoms with van der Waals surface area (Å²) in [7, 11) is 0. The molecule has 106 valence electrons. The van der Waals surface area contributed by atoms with Crippen LogP contribution in [0.3, 0.4) is 0 Å². The van der Waals surface area contributed by atoms with E-state index in [0.717, 1.165) is 5.56 Å². The van der Waals surface area contributed by atoms with E-state index in [1.807, 2.05) is 0 Å². The van der Waals surface area contributed by atoms with Crippen LogP contribution in [0.4, 0.5) is 9.52 Å². The minimum absolute atomic E-state index is 0.110. The highest BCUT2D eigenvalue weighted by Gasteiger charge is 2.13. The van der Waals surface area contributed by atoms with Crippen LogP contribution in [0.2, 0.25) is 5.22 Å². The Labute approximate surface area is 128 Å². The maximum Gasteiger partial charge on any atom is 0.293 e. The lowest BCUT2D eigenvalue weighted by atomic mass is 10.2. The number of furan rings is 1. The topological polar surface area (TPSA) is 55.1 Å². The van der Waals surface area contributed by atoms with Crippen molar-refractivity contribution >= 4 is 34.0 Å². The Kier molecular flexibility index (Phi) is 3.72. The summed E-state index contributed by atoms with van der Waals surface area (Å²) < 4.78 is 17.9. The molecule has 3 rings (SSSR count). The Bertz CT molecular complexity index is 782. The summed E-state index contributed by atoms with van der Waals surface area (Å²) >= 11 is 6.88. The molecule has 0 fully saturated rings. The highest BCUT2D eigenvalue weighted by atomic mass is 35.5. The zero-order valence-corrected chi connectivity index (χ0v) is 12.0. The highest BCUT2D eigenvalue weighted by molar-refractivity contribution is 7.14. The van der Waals surface area contributed by atoms with E-state index in [0.29, 0.717) is 10.8 Å². The zero-order chi connectivity index (χ0) is 14.8. The van der Waals surface area contributed by atoms with Gasteiger partial charge < -0.3 is 4.42 Å². The summed E-state index contributed by atoms with van der Waals surface area (Å²) in [6.45, 7) is 0. The van der Waals surface area contributed by atoms with Crippen molar-refractivity contribution in [1.82, 2.24) is 4.98 Å². The van der Waals surface area contributed by atoms with Crippen molar-refractivity contribution in [1.29, 1.82) is 0 Å². The molecule has 1 N–H and O–H groups in total. The number of anilines is 1. The maximum absolute atomic E-state index is 12.9. The van der Waals surface area contributed by atoms with Gasteiger partial charge in [0.1, 0.15) is 5.82 Å². The molecule has 1 aromatic carbocycles. The first-order valence-corrected chi connectivity index (χ1v) is 7.16. The third kappa shape index (κ3) is 3.12. The number of carbonyl (C=O) groups excluding carboxylic acids is 1. The van der Waals surface area contributed by atoms with Crippen LogP contribution in [-0.4, -0.2) is 10.9 Å². The molecule has 2 aromatic heterocycles. The monoisotopic (exact) mass is 322 g/mol. The summed E-state index contributed by atoms with van der Waals surface area (Å²) in [6.07, 6.45) is 0. The molecule has 0 aliphatic carbocycles. The average molecular weight is 323 g/mol. The number of aromatic nitrogens is 1. The summed E-state index contributed by atoms with van der Waals surface area (Å²) in [4.78, 5) is 16.1. The second kappa shape index (κ2) is 5.67. The molecule has 0 unspecified atom stereocenters. The Morgan fingerprint density at radius 1 is 1.24 bits per heavy atom. The van der Waals surface area contributed by atoms with Crippen molar-refractivity contribution in [3.05, 3.63) is 58.6 Å². The van der Waals surface area contributed by atoms with Crippen LogP contribution in [0.1, 0.15) is 10.6 Å². The predicted octanol–water partition coefficient (Wildman–Crippen LogP) is 4.45. The van der Waals surface area contributed by atoms with Crippen LogP contribution in [-0.2, 0) is 0 Å². The van der Waals surface area contributed by atoms with E-state index in [1.54, 1.807) is 17.5 Å². The Morgan fingerprint density at radius 3 is 2.67 bits per heavy atom. The van der Waals surface area contributed by atoms with Gasteiger partial charge in [-0.05, 0) is 48.0 Å². The third-order valence-corrected chi connectivity index (χ3v) is 3.62. The molecule has 7 heteroatoms. The lowest BCUT2D eigenvalue weighted by Crippen LogP contribution is -2.10. The second-order valence-corrected chi connectivity index (χ2v) is 5.33. The van der Waals surface area contributed by atoms with Crippen molar-refractivity contribution in [3.63, 3.8) is 0 Å².